The first-order valence-corrected chi connectivity index (χ1v) is 5.89. The standard InChI is InChI=1S/C12H26N2O/c1-7-14(8-2)12(15)10(3)9-11(4)13(5)6/h10-11H,7-9H2,1-6H3. The van der Waals surface area contributed by atoms with Gasteiger partial charge in [0.1, 0.15) is 0 Å². The molecule has 0 aliphatic heterocycles. The maximum atomic E-state index is 12.0. The number of nitrogens with zero attached hydrogens (tertiary/aromatic N) is 2. The van der Waals surface area contributed by atoms with E-state index in [9.17, 15) is 4.79 Å². The molecular weight excluding hydrogens is 188 g/mol. The summed E-state index contributed by atoms with van der Waals surface area (Å²) in [6.45, 7) is 9.88. The molecule has 0 aromatic heterocycles. The number of carbonyl (C=O) groups excluding carboxylic acids is 1. The molecule has 0 aliphatic rings. The molecule has 15 heavy (non-hydrogen) atoms. The van der Waals surface area contributed by atoms with E-state index in [0.29, 0.717) is 6.04 Å². The Labute approximate surface area is 94.4 Å². The molecule has 3 heteroatoms. The van der Waals surface area contributed by atoms with Crippen molar-refractivity contribution in [2.45, 2.75) is 40.2 Å². The smallest absolute Gasteiger partial charge is 0.225 e. The van der Waals surface area contributed by atoms with Crippen molar-refractivity contribution < 1.29 is 4.79 Å². The Kier molecular flexibility index (Phi) is 6.57. The lowest BCUT2D eigenvalue weighted by molar-refractivity contribution is -0.135. The highest BCUT2D eigenvalue weighted by Gasteiger charge is 2.20. The maximum Gasteiger partial charge on any atom is 0.225 e. The van der Waals surface area contributed by atoms with Gasteiger partial charge in [-0.2, -0.15) is 0 Å². The van der Waals surface area contributed by atoms with Gasteiger partial charge in [0.05, 0.1) is 0 Å². The van der Waals surface area contributed by atoms with Crippen LogP contribution in [0.4, 0.5) is 0 Å². The Balaban J connectivity index is 4.20. The zero-order chi connectivity index (χ0) is 12.0. The van der Waals surface area contributed by atoms with Crippen molar-refractivity contribution in [3.05, 3.63) is 0 Å². The highest BCUT2D eigenvalue weighted by molar-refractivity contribution is 5.78. The number of rotatable bonds is 6. The molecule has 1 amide bonds. The molecule has 0 rings (SSSR count). The molecule has 0 saturated heterocycles. The van der Waals surface area contributed by atoms with E-state index in [1.807, 2.05) is 25.7 Å². The molecule has 0 saturated carbocycles. The predicted molar refractivity (Wildman–Crippen MR) is 64.9 cm³/mol. The Bertz CT molecular complexity index is 188. The molecular formula is C12H26N2O. The van der Waals surface area contributed by atoms with Crippen molar-refractivity contribution in [2.24, 2.45) is 5.92 Å². The van der Waals surface area contributed by atoms with Gasteiger partial charge in [0.25, 0.3) is 0 Å². The lowest BCUT2D eigenvalue weighted by Crippen LogP contribution is -2.37. The van der Waals surface area contributed by atoms with Gasteiger partial charge in [-0.1, -0.05) is 6.92 Å². The summed E-state index contributed by atoms with van der Waals surface area (Å²) in [6, 6.07) is 0.458. The molecule has 2 atom stereocenters. The minimum absolute atomic E-state index is 0.127. The molecule has 0 fully saturated rings. The molecule has 0 radical (unpaired) electrons. The third-order valence-corrected chi connectivity index (χ3v) is 3.07. The van der Waals surface area contributed by atoms with Gasteiger partial charge in [-0.15, -0.1) is 0 Å². The van der Waals surface area contributed by atoms with Crippen LogP contribution in [0.15, 0.2) is 0 Å². The van der Waals surface area contributed by atoms with Gasteiger partial charge < -0.3 is 9.80 Å². The van der Waals surface area contributed by atoms with Crippen LogP contribution < -0.4 is 0 Å². The fourth-order valence-electron chi connectivity index (χ4n) is 1.67. The summed E-state index contributed by atoms with van der Waals surface area (Å²) in [5.41, 5.74) is 0. The second-order valence-corrected chi connectivity index (χ2v) is 4.46. The van der Waals surface area contributed by atoms with Crippen LogP contribution in [0.25, 0.3) is 0 Å². The third kappa shape index (κ3) is 4.65. The molecule has 0 heterocycles. The zero-order valence-corrected chi connectivity index (χ0v) is 11.1. The lowest BCUT2D eigenvalue weighted by atomic mass is 10.0. The average molecular weight is 214 g/mol. The van der Waals surface area contributed by atoms with Crippen LogP contribution in [0.3, 0.4) is 0 Å². The van der Waals surface area contributed by atoms with Gasteiger partial charge in [-0.3, -0.25) is 4.79 Å². The van der Waals surface area contributed by atoms with Gasteiger partial charge in [0, 0.05) is 25.0 Å². The molecule has 0 aromatic rings. The van der Waals surface area contributed by atoms with E-state index < -0.39 is 0 Å². The van der Waals surface area contributed by atoms with Gasteiger partial charge in [-0.25, -0.2) is 0 Å². The van der Waals surface area contributed by atoms with Crippen molar-refractivity contribution in [1.29, 1.82) is 0 Å². The second-order valence-electron chi connectivity index (χ2n) is 4.46. The van der Waals surface area contributed by atoms with Gasteiger partial charge in [0.15, 0.2) is 0 Å². The number of carbonyl (C=O) groups is 1. The van der Waals surface area contributed by atoms with Crippen LogP contribution in [-0.4, -0.2) is 48.9 Å². The van der Waals surface area contributed by atoms with Crippen LogP contribution in [0, 0.1) is 5.92 Å². The second kappa shape index (κ2) is 6.83. The third-order valence-electron chi connectivity index (χ3n) is 3.07. The van der Waals surface area contributed by atoms with E-state index in [2.05, 4.69) is 25.9 Å². The Morgan fingerprint density at radius 1 is 1.13 bits per heavy atom. The first-order valence-electron chi connectivity index (χ1n) is 5.89. The molecule has 0 N–H and O–H groups in total. The molecule has 2 unspecified atom stereocenters. The normalized spacial score (nSPS) is 15.1. The Morgan fingerprint density at radius 3 is 1.93 bits per heavy atom. The first-order chi connectivity index (χ1) is 6.93. The van der Waals surface area contributed by atoms with E-state index in [1.165, 1.54) is 0 Å². The highest BCUT2D eigenvalue weighted by Crippen LogP contribution is 2.12. The fraction of sp³-hybridized carbons (Fsp3) is 0.917. The largest absolute Gasteiger partial charge is 0.343 e. The summed E-state index contributed by atoms with van der Waals surface area (Å²) in [6.07, 6.45) is 0.933. The topological polar surface area (TPSA) is 23.6 Å². The quantitative estimate of drug-likeness (QED) is 0.673. The molecule has 0 spiro atoms. The van der Waals surface area contributed by atoms with Crippen molar-refractivity contribution in [3.8, 4) is 0 Å². The predicted octanol–water partition coefficient (Wildman–Crippen LogP) is 1.83. The molecule has 3 nitrogen and oxygen atoms in total. The summed E-state index contributed by atoms with van der Waals surface area (Å²) in [4.78, 5) is 16.0. The Hall–Kier alpha value is -0.570. The highest BCUT2D eigenvalue weighted by atomic mass is 16.2. The lowest BCUT2D eigenvalue weighted by Gasteiger charge is -2.27. The molecule has 0 aromatic carbocycles. The molecule has 0 bridgehead atoms. The van der Waals surface area contributed by atoms with Crippen LogP contribution in [-0.2, 0) is 4.79 Å². The minimum atomic E-state index is 0.127. The van der Waals surface area contributed by atoms with Gasteiger partial charge in [-0.05, 0) is 41.3 Å². The number of hydrogen-bond acceptors (Lipinski definition) is 2. The SMILES string of the molecule is CCN(CC)C(=O)C(C)CC(C)N(C)C. The van der Waals surface area contributed by atoms with Crippen LogP contribution in [0.1, 0.15) is 34.1 Å². The summed E-state index contributed by atoms with van der Waals surface area (Å²) in [5, 5.41) is 0. The van der Waals surface area contributed by atoms with Crippen LogP contribution >= 0.6 is 0 Å². The summed E-state index contributed by atoms with van der Waals surface area (Å²) in [7, 11) is 4.11. The maximum absolute atomic E-state index is 12.0. The monoisotopic (exact) mass is 214 g/mol. The number of hydrogen-bond donors (Lipinski definition) is 0. The summed E-state index contributed by atoms with van der Waals surface area (Å²) in [5.74, 6) is 0.413. The molecule has 90 valence electrons. The van der Waals surface area contributed by atoms with Crippen molar-refractivity contribution in [2.75, 3.05) is 27.2 Å². The molecule has 0 aliphatic carbocycles. The van der Waals surface area contributed by atoms with Gasteiger partial charge >= 0.3 is 0 Å². The number of amides is 1. The van der Waals surface area contributed by atoms with E-state index in [-0.39, 0.29) is 11.8 Å². The van der Waals surface area contributed by atoms with E-state index in [4.69, 9.17) is 0 Å². The summed E-state index contributed by atoms with van der Waals surface area (Å²) >= 11 is 0. The van der Waals surface area contributed by atoms with Crippen LogP contribution in [0.5, 0.6) is 0 Å². The van der Waals surface area contributed by atoms with Crippen molar-refractivity contribution >= 4 is 5.91 Å². The van der Waals surface area contributed by atoms with Crippen molar-refractivity contribution in [1.82, 2.24) is 9.80 Å². The average Bonchev–Trinajstić information content (AvgIpc) is 2.19. The zero-order valence-electron chi connectivity index (χ0n) is 11.1. The minimum Gasteiger partial charge on any atom is -0.343 e. The fourth-order valence-corrected chi connectivity index (χ4v) is 1.67. The summed E-state index contributed by atoms with van der Waals surface area (Å²) < 4.78 is 0. The van der Waals surface area contributed by atoms with E-state index >= 15 is 0 Å². The first kappa shape index (κ1) is 14.4. The van der Waals surface area contributed by atoms with Gasteiger partial charge in [0.2, 0.25) is 5.91 Å². The van der Waals surface area contributed by atoms with E-state index in [1.54, 1.807) is 0 Å². The van der Waals surface area contributed by atoms with Crippen LogP contribution in [0.2, 0.25) is 0 Å². The van der Waals surface area contributed by atoms with Crippen molar-refractivity contribution in [3.63, 3.8) is 0 Å². The van der Waals surface area contributed by atoms with E-state index in [0.717, 1.165) is 19.5 Å². The Morgan fingerprint density at radius 2 is 1.60 bits per heavy atom.